The van der Waals surface area contributed by atoms with Crippen LogP contribution in [-0.2, 0) is 9.16 Å². The maximum absolute atomic E-state index is 8.93. The Balaban J connectivity index is 2.35. The third kappa shape index (κ3) is 3.29. The number of hydrogen-bond donors (Lipinski definition) is 1. The standard InChI is InChI=1S/C12H26O3Si/c1-9(11-10(7-13)15-11)8-14-16(5,6)12(2,3)4/h9-11,13H,7-8H2,1-6H3/t9-,10+,11-/m1/s1. The highest BCUT2D eigenvalue weighted by Crippen LogP contribution is 2.38. The van der Waals surface area contributed by atoms with Crippen LogP contribution in [0.5, 0.6) is 0 Å². The van der Waals surface area contributed by atoms with E-state index in [-0.39, 0.29) is 23.9 Å². The molecule has 1 rings (SSSR count). The van der Waals surface area contributed by atoms with E-state index in [4.69, 9.17) is 14.3 Å². The van der Waals surface area contributed by atoms with Gasteiger partial charge in [0.05, 0.1) is 12.7 Å². The van der Waals surface area contributed by atoms with Gasteiger partial charge >= 0.3 is 0 Å². The molecule has 0 radical (unpaired) electrons. The van der Waals surface area contributed by atoms with E-state index in [0.717, 1.165) is 6.61 Å². The Labute approximate surface area is 100 Å². The van der Waals surface area contributed by atoms with Crippen molar-refractivity contribution in [2.75, 3.05) is 13.2 Å². The van der Waals surface area contributed by atoms with Crippen molar-refractivity contribution in [3.8, 4) is 0 Å². The maximum Gasteiger partial charge on any atom is 0.191 e. The Morgan fingerprint density at radius 3 is 2.31 bits per heavy atom. The summed E-state index contributed by atoms with van der Waals surface area (Å²) >= 11 is 0. The van der Waals surface area contributed by atoms with Gasteiger partial charge in [0.2, 0.25) is 0 Å². The SMILES string of the molecule is C[C@H](CO[Si](C)(C)C(C)(C)C)[C@H]1O[C@H]1CO. The number of ether oxygens (including phenoxy) is 1. The van der Waals surface area contributed by atoms with Gasteiger partial charge in [0.15, 0.2) is 8.32 Å². The number of rotatable bonds is 5. The van der Waals surface area contributed by atoms with Gasteiger partial charge in [0.1, 0.15) is 6.10 Å². The van der Waals surface area contributed by atoms with Crippen LogP contribution in [0.2, 0.25) is 18.1 Å². The Morgan fingerprint density at radius 2 is 1.94 bits per heavy atom. The average Bonchev–Trinajstić information content (AvgIpc) is 2.91. The first kappa shape index (κ1) is 14.2. The number of hydrogen-bond acceptors (Lipinski definition) is 3. The van der Waals surface area contributed by atoms with Crippen molar-refractivity contribution >= 4 is 8.32 Å². The first-order valence-electron chi connectivity index (χ1n) is 6.09. The van der Waals surface area contributed by atoms with Crippen LogP contribution in [-0.4, -0.2) is 38.8 Å². The summed E-state index contributed by atoms with van der Waals surface area (Å²) in [6, 6.07) is 0. The molecule has 0 spiro atoms. The second-order valence-corrected chi connectivity index (χ2v) is 11.2. The fourth-order valence-corrected chi connectivity index (χ4v) is 2.57. The van der Waals surface area contributed by atoms with E-state index in [1.54, 1.807) is 0 Å². The van der Waals surface area contributed by atoms with Crippen LogP contribution in [0.4, 0.5) is 0 Å². The van der Waals surface area contributed by atoms with Crippen LogP contribution in [0.25, 0.3) is 0 Å². The lowest BCUT2D eigenvalue weighted by Gasteiger charge is -2.36. The predicted molar refractivity (Wildman–Crippen MR) is 68.1 cm³/mol. The lowest BCUT2D eigenvalue weighted by molar-refractivity contribution is 0.204. The summed E-state index contributed by atoms with van der Waals surface area (Å²) in [5.74, 6) is 0.381. The summed E-state index contributed by atoms with van der Waals surface area (Å²) in [4.78, 5) is 0. The highest BCUT2D eigenvalue weighted by molar-refractivity contribution is 6.74. The fraction of sp³-hybridized carbons (Fsp3) is 1.00. The molecule has 3 atom stereocenters. The average molecular weight is 246 g/mol. The Bertz CT molecular complexity index is 235. The first-order chi connectivity index (χ1) is 7.19. The highest BCUT2D eigenvalue weighted by atomic mass is 28.4. The van der Waals surface area contributed by atoms with E-state index in [2.05, 4.69) is 40.8 Å². The van der Waals surface area contributed by atoms with Gasteiger partial charge in [0.25, 0.3) is 0 Å². The second kappa shape index (κ2) is 4.76. The Hall–Kier alpha value is 0.0969. The maximum atomic E-state index is 8.93. The molecular weight excluding hydrogens is 220 g/mol. The third-order valence-electron chi connectivity index (χ3n) is 3.88. The molecule has 16 heavy (non-hydrogen) atoms. The van der Waals surface area contributed by atoms with Crippen LogP contribution in [0.3, 0.4) is 0 Å². The molecular formula is C12H26O3Si. The van der Waals surface area contributed by atoms with Crippen LogP contribution in [0.15, 0.2) is 0 Å². The molecule has 0 aromatic heterocycles. The molecule has 1 heterocycles. The van der Waals surface area contributed by atoms with Crippen molar-refractivity contribution < 1.29 is 14.3 Å². The lowest BCUT2D eigenvalue weighted by Crippen LogP contribution is -2.42. The molecule has 0 aromatic carbocycles. The summed E-state index contributed by atoms with van der Waals surface area (Å²) in [7, 11) is -1.64. The van der Waals surface area contributed by atoms with Gasteiger partial charge in [-0.25, -0.2) is 0 Å². The van der Waals surface area contributed by atoms with Gasteiger partial charge < -0.3 is 14.3 Å². The largest absolute Gasteiger partial charge is 0.416 e. The summed E-state index contributed by atoms with van der Waals surface area (Å²) in [6.45, 7) is 14.3. The monoisotopic (exact) mass is 246 g/mol. The third-order valence-corrected chi connectivity index (χ3v) is 8.38. The molecule has 0 aliphatic carbocycles. The molecule has 0 amide bonds. The summed E-state index contributed by atoms with van der Waals surface area (Å²) in [5.41, 5.74) is 0. The van der Waals surface area contributed by atoms with Gasteiger partial charge in [-0.3, -0.25) is 0 Å². The quantitative estimate of drug-likeness (QED) is 0.598. The molecule has 1 N–H and O–H groups in total. The minimum Gasteiger partial charge on any atom is -0.416 e. The van der Waals surface area contributed by atoms with E-state index in [0.29, 0.717) is 5.92 Å². The molecule has 96 valence electrons. The number of epoxide rings is 1. The molecule has 1 saturated heterocycles. The van der Waals surface area contributed by atoms with Crippen LogP contribution >= 0.6 is 0 Å². The first-order valence-corrected chi connectivity index (χ1v) is 9.00. The normalized spacial score (nSPS) is 27.9. The Kier molecular flexibility index (Phi) is 4.22. The van der Waals surface area contributed by atoms with Gasteiger partial charge in [0, 0.05) is 12.5 Å². The topological polar surface area (TPSA) is 42.0 Å². The zero-order valence-corrected chi connectivity index (χ0v) is 12.4. The summed E-state index contributed by atoms with van der Waals surface area (Å²) in [5, 5.41) is 9.18. The smallest absolute Gasteiger partial charge is 0.191 e. The summed E-state index contributed by atoms with van der Waals surface area (Å²) in [6.07, 6.45) is 0.257. The van der Waals surface area contributed by atoms with E-state index < -0.39 is 8.32 Å². The fourth-order valence-electron chi connectivity index (χ4n) is 1.46. The molecule has 1 aliphatic heterocycles. The van der Waals surface area contributed by atoms with E-state index in [1.165, 1.54) is 0 Å². The molecule has 3 nitrogen and oxygen atoms in total. The second-order valence-electron chi connectivity index (χ2n) is 6.37. The van der Waals surface area contributed by atoms with E-state index >= 15 is 0 Å². The molecule has 0 aromatic rings. The summed E-state index contributed by atoms with van der Waals surface area (Å²) < 4.78 is 11.5. The zero-order valence-electron chi connectivity index (χ0n) is 11.4. The highest BCUT2D eigenvalue weighted by Gasteiger charge is 2.44. The molecule has 0 saturated carbocycles. The van der Waals surface area contributed by atoms with E-state index in [1.807, 2.05) is 0 Å². The zero-order chi connectivity index (χ0) is 12.6. The number of aliphatic hydroxyl groups is 1. The Morgan fingerprint density at radius 1 is 1.38 bits per heavy atom. The van der Waals surface area contributed by atoms with Gasteiger partial charge in [-0.15, -0.1) is 0 Å². The predicted octanol–water partition coefficient (Wildman–Crippen LogP) is 2.40. The van der Waals surface area contributed by atoms with Crippen molar-refractivity contribution in [3.05, 3.63) is 0 Å². The molecule has 4 heteroatoms. The van der Waals surface area contributed by atoms with Crippen molar-refractivity contribution in [3.63, 3.8) is 0 Å². The van der Waals surface area contributed by atoms with Crippen LogP contribution in [0, 0.1) is 5.92 Å². The van der Waals surface area contributed by atoms with Crippen LogP contribution < -0.4 is 0 Å². The molecule has 0 unspecified atom stereocenters. The van der Waals surface area contributed by atoms with Crippen LogP contribution in [0.1, 0.15) is 27.7 Å². The molecule has 0 bridgehead atoms. The van der Waals surface area contributed by atoms with E-state index in [9.17, 15) is 0 Å². The van der Waals surface area contributed by atoms with Gasteiger partial charge in [-0.05, 0) is 18.1 Å². The minimum absolute atomic E-state index is 0.0537. The van der Waals surface area contributed by atoms with Gasteiger partial charge in [-0.1, -0.05) is 27.7 Å². The van der Waals surface area contributed by atoms with Crippen molar-refractivity contribution in [2.24, 2.45) is 5.92 Å². The van der Waals surface area contributed by atoms with Crippen molar-refractivity contribution in [2.45, 2.75) is 58.0 Å². The van der Waals surface area contributed by atoms with Gasteiger partial charge in [-0.2, -0.15) is 0 Å². The molecule has 1 aliphatic rings. The number of aliphatic hydroxyl groups excluding tert-OH is 1. The van der Waals surface area contributed by atoms with Crippen molar-refractivity contribution in [1.82, 2.24) is 0 Å². The molecule has 1 fully saturated rings. The van der Waals surface area contributed by atoms with Crippen molar-refractivity contribution in [1.29, 1.82) is 0 Å². The lowest BCUT2D eigenvalue weighted by atomic mass is 10.1. The minimum atomic E-state index is -1.64.